The highest BCUT2D eigenvalue weighted by Gasteiger charge is 2.73. The molecule has 3 heterocycles. The maximum atomic E-state index is 15.3. The lowest BCUT2D eigenvalue weighted by atomic mass is 9.32. The van der Waals surface area contributed by atoms with Gasteiger partial charge in [0, 0.05) is 12.3 Å². The Morgan fingerprint density at radius 1 is 0.594 bits per heavy atom. The third-order valence-electron chi connectivity index (χ3n) is 20.0. The fourth-order valence-electron chi connectivity index (χ4n) is 16.1. The molecule has 0 spiro atoms. The van der Waals surface area contributed by atoms with Gasteiger partial charge >= 0.3 is 11.9 Å². The summed E-state index contributed by atoms with van der Waals surface area (Å²) in [4.78, 5) is 27.5. The Kier molecular flexibility index (Phi) is 15.0. The molecule has 8 fully saturated rings. The smallest absolute Gasteiger partial charge is 0.314 e. The lowest BCUT2D eigenvalue weighted by Gasteiger charge is -2.72. The molecule has 69 heavy (non-hydrogen) atoms. The Bertz CT molecular complexity index is 1880. The zero-order valence-electron chi connectivity index (χ0n) is 41.2. The van der Waals surface area contributed by atoms with Crippen molar-refractivity contribution in [2.24, 2.45) is 56.7 Å². The van der Waals surface area contributed by atoms with E-state index < -0.39 is 123 Å². The summed E-state index contributed by atoms with van der Waals surface area (Å²) in [7, 11) is 0. The van der Waals surface area contributed by atoms with Gasteiger partial charge in [-0.2, -0.15) is 0 Å². The maximum absolute atomic E-state index is 15.3. The second-order valence-electron chi connectivity index (χ2n) is 23.6. The molecule has 394 valence electrons. The standard InChI is InChI=1S/C50H80O19/c1-22(2)24-11-16-50(18-17-48(7)25(32(24)50)9-10-30-47(6)14-13-31(64-23(3)53)46(4,5)29(47)12-15-49(30,48)8)45(62)69-44-40(61)41(68-43-39(60)37(58)34(55)27(20-52)66-43)35(56)28(67-44)21-63-42-38(59)36(57)33(54)26(19-51)65-42/h24-44,51-52,54-61H,1,9-21H2,2-8H3/t24-,25+,26+,27+,28+,29-,30+,31-,32+,33+,34+,35+,36-,37-,38-,39-,40+,41-,42-,43+,44+,47-,48+,49+,50-/m0/s1. The van der Waals surface area contributed by atoms with Crippen LogP contribution in [0.15, 0.2) is 12.2 Å². The van der Waals surface area contributed by atoms with E-state index in [2.05, 4.69) is 41.2 Å². The first kappa shape index (κ1) is 53.4. The largest absolute Gasteiger partial charge is 0.462 e. The Labute approximate surface area is 404 Å². The number of carbonyl (C=O) groups is 2. The molecule has 0 amide bonds. The molecule has 10 N–H and O–H groups in total. The van der Waals surface area contributed by atoms with Gasteiger partial charge in [-0.1, -0.05) is 46.8 Å². The van der Waals surface area contributed by atoms with E-state index >= 15 is 4.79 Å². The van der Waals surface area contributed by atoms with Crippen molar-refractivity contribution in [1.29, 1.82) is 0 Å². The molecule has 25 atom stereocenters. The number of esters is 2. The molecule has 5 aliphatic carbocycles. The number of hydrogen-bond donors (Lipinski definition) is 10. The quantitative estimate of drug-likeness (QED) is 0.1000. The van der Waals surface area contributed by atoms with Crippen LogP contribution in [0.4, 0.5) is 0 Å². The Balaban J connectivity index is 1.07. The highest BCUT2D eigenvalue weighted by atomic mass is 16.8. The van der Waals surface area contributed by atoms with Gasteiger partial charge in [-0.15, -0.1) is 0 Å². The zero-order chi connectivity index (χ0) is 50.5. The normalized spacial score (nSPS) is 52.6. The molecule has 19 heteroatoms. The van der Waals surface area contributed by atoms with Crippen LogP contribution in [-0.2, 0) is 42.7 Å². The number of fused-ring (bicyclic) bond motifs is 7. The number of aliphatic hydroxyl groups excluding tert-OH is 10. The summed E-state index contributed by atoms with van der Waals surface area (Å²) in [6.07, 6.45) is -18.1. The van der Waals surface area contributed by atoms with Crippen LogP contribution in [0.2, 0.25) is 0 Å². The van der Waals surface area contributed by atoms with Crippen molar-refractivity contribution in [2.45, 2.75) is 211 Å². The van der Waals surface area contributed by atoms with Crippen LogP contribution < -0.4 is 0 Å². The van der Waals surface area contributed by atoms with Crippen molar-refractivity contribution in [2.75, 3.05) is 19.8 Å². The van der Waals surface area contributed by atoms with Crippen LogP contribution in [-0.4, -0.2) is 181 Å². The average Bonchev–Trinajstić information content (AvgIpc) is 3.70. The van der Waals surface area contributed by atoms with Crippen molar-refractivity contribution in [1.82, 2.24) is 0 Å². The fraction of sp³-hybridized carbons (Fsp3) is 0.920. The molecule has 19 nitrogen and oxygen atoms in total. The monoisotopic (exact) mass is 985 g/mol. The van der Waals surface area contributed by atoms with Crippen LogP contribution in [0.3, 0.4) is 0 Å². The van der Waals surface area contributed by atoms with E-state index in [1.54, 1.807) is 0 Å². The number of allylic oxidation sites excluding steroid dienone is 1. The summed E-state index contributed by atoms with van der Waals surface area (Å²) in [6, 6.07) is 0. The molecule has 0 aromatic carbocycles. The lowest BCUT2D eigenvalue weighted by Crippen LogP contribution is -2.67. The predicted octanol–water partition coefficient (Wildman–Crippen LogP) is 0.567. The van der Waals surface area contributed by atoms with Crippen LogP contribution in [0.1, 0.15) is 113 Å². The van der Waals surface area contributed by atoms with Gasteiger partial charge in [-0.05, 0) is 117 Å². The average molecular weight is 985 g/mol. The van der Waals surface area contributed by atoms with Crippen LogP contribution in [0.25, 0.3) is 0 Å². The summed E-state index contributed by atoms with van der Waals surface area (Å²) in [5, 5.41) is 107. The molecule has 0 radical (unpaired) electrons. The second-order valence-corrected chi connectivity index (χ2v) is 23.6. The third-order valence-corrected chi connectivity index (χ3v) is 20.0. The Morgan fingerprint density at radius 2 is 1.20 bits per heavy atom. The fourth-order valence-corrected chi connectivity index (χ4v) is 16.1. The minimum Gasteiger partial charge on any atom is -0.462 e. The first-order valence-corrected chi connectivity index (χ1v) is 25.3. The second kappa shape index (κ2) is 19.4. The summed E-state index contributed by atoms with van der Waals surface area (Å²) in [5.41, 5.74) is -0.485. The highest BCUT2D eigenvalue weighted by molar-refractivity contribution is 5.78. The number of rotatable bonds is 11. The van der Waals surface area contributed by atoms with Gasteiger partial charge in [0.05, 0.1) is 25.2 Å². The molecular weight excluding hydrogens is 905 g/mol. The SMILES string of the molecule is C=C(C)[C@@H]1CC[C@]2(C(=O)O[C@H]3O[C@H](CO[C@H]4O[C@H](CO)[C@@H](O)[C@H](O)[C@@H]4O)[C@@H](O)[C@H](O[C@H]4O[C@H](CO)[C@@H](O)[C@H](O)[C@@H]4O)[C@H]3O)CC[C@]3(C)[C@H](CC[C@@H]4[C@@]5(C)CC[C@H](OC(C)=O)C(C)(C)[C@@H]5CC[C@]43C)[C@@H]12. The molecule has 3 aliphatic heterocycles. The van der Waals surface area contributed by atoms with E-state index in [0.717, 1.165) is 50.5 Å². The van der Waals surface area contributed by atoms with E-state index in [1.165, 1.54) is 6.92 Å². The van der Waals surface area contributed by atoms with Gasteiger partial charge in [0.15, 0.2) is 12.6 Å². The van der Waals surface area contributed by atoms with Gasteiger partial charge in [-0.3, -0.25) is 9.59 Å². The molecule has 0 aromatic rings. The van der Waals surface area contributed by atoms with Gasteiger partial charge in [-0.25, -0.2) is 0 Å². The molecule has 0 unspecified atom stereocenters. The van der Waals surface area contributed by atoms with Crippen molar-refractivity contribution < 1.29 is 93.8 Å². The van der Waals surface area contributed by atoms with Gasteiger partial charge < -0.3 is 84.2 Å². The van der Waals surface area contributed by atoms with Crippen LogP contribution >= 0.6 is 0 Å². The van der Waals surface area contributed by atoms with Crippen molar-refractivity contribution >= 4 is 11.9 Å². The number of hydrogen-bond acceptors (Lipinski definition) is 19. The lowest BCUT2D eigenvalue weighted by molar-refractivity contribution is -0.363. The molecule has 8 rings (SSSR count). The van der Waals surface area contributed by atoms with Crippen LogP contribution in [0, 0.1) is 56.7 Å². The van der Waals surface area contributed by atoms with E-state index in [4.69, 9.17) is 33.2 Å². The minimum atomic E-state index is -1.95. The Morgan fingerprint density at radius 3 is 1.81 bits per heavy atom. The molecule has 0 bridgehead atoms. The molecule has 3 saturated heterocycles. The maximum Gasteiger partial charge on any atom is 0.314 e. The number of ether oxygens (including phenoxy) is 7. The van der Waals surface area contributed by atoms with E-state index in [9.17, 15) is 55.9 Å². The van der Waals surface area contributed by atoms with Crippen molar-refractivity contribution in [3.05, 3.63) is 12.2 Å². The van der Waals surface area contributed by atoms with E-state index in [1.807, 2.05) is 6.92 Å². The first-order chi connectivity index (χ1) is 32.3. The molecule has 5 saturated carbocycles. The first-order valence-electron chi connectivity index (χ1n) is 25.3. The summed E-state index contributed by atoms with van der Waals surface area (Å²) in [6.45, 7) is 17.7. The van der Waals surface area contributed by atoms with Gasteiger partial charge in [0.1, 0.15) is 79.4 Å². The minimum absolute atomic E-state index is 0.00618. The van der Waals surface area contributed by atoms with Crippen molar-refractivity contribution in [3.63, 3.8) is 0 Å². The summed E-state index contributed by atoms with van der Waals surface area (Å²) < 4.78 is 41.2. The van der Waals surface area contributed by atoms with Crippen LogP contribution in [0.5, 0.6) is 0 Å². The number of carbonyl (C=O) groups excluding carboxylic acids is 2. The highest BCUT2D eigenvalue weighted by Crippen LogP contribution is 2.77. The zero-order valence-corrected chi connectivity index (χ0v) is 41.2. The summed E-state index contributed by atoms with van der Waals surface area (Å²) >= 11 is 0. The molecule has 8 aliphatic rings. The third kappa shape index (κ3) is 8.56. The Hall–Kier alpha value is -1.92. The molecular formula is C50H80O19. The van der Waals surface area contributed by atoms with Crippen molar-refractivity contribution in [3.8, 4) is 0 Å². The summed E-state index contributed by atoms with van der Waals surface area (Å²) in [5.74, 6) is -0.169. The molecule has 0 aromatic heterocycles. The van der Waals surface area contributed by atoms with E-state index in [0.29, 0.717) is 31.1 Å². The van der Waals surface area contributed by atoms with Gasteiger partial charge in [0.2, 0.25) is 6.29 Å². The topological polar surface area (TPSA) is 301 Å². The van der Waals surface area contributed by atoms with E-state index in [-0.39, 0.29) is 51.5 Å². The van der Waals surface area contributed by atoms with Gasteiger partial charge in [0.25, 0.3) is 0 Å². The predicted molar refractivity (Wildman–Crippen MR) is 240 cm³/mol. The number of aliphatic hydroxyl groups is 10.